The van der Waals surface area contributed by atoms with Gasteiger partial charge in [-0.1, -0.05) is 29.8 Å². The number of carbonyl (C=O) groups is 2. The zero-order valence-electron chi connectivity index (χ0n) is 19.2. The Morgan fingerprint density at radius 3 is 2.57 bits per heavy atom. The fourth-order valence-electron chi connectivity index (χ4n) is 3.79. The lowest BCUT2D eigenvalue weighted by Crippen LogP contribution is -2.10. The summed E-state index contributed by atoms with van der Waals surface area (Å²) in [7, 11) is 1.61. The molecular weight excluding hydrogens is 456 g/mol. The highest BCUT2D eigenvalue weighted by atomic mass is 32.1. The second-order valence-electron chi connectivity index (χ2n) is 8.20. The molecule has 0 atom stereocenters. The quantitative estimate of drug-likeness (QED) is 0.213. The molecule has 1 amide bonds. The van der Waals surface area contributed by atoms with E-state index in [1.807, 2.05) is 49.4 Å². The van der Waals surface area contributed by atoms with E-state index in [-0.39, 0.29) is 11.7 Å². The van der Waals surface area contributed by atoms with Gasteiger partial charge in [0.1, 0.15) is 10.6 Å². The molecule has 0 fully saturated rings. The molecule has 2 heterocycles. The molecule has 2 aromatic heterocycles. The van der Waals surface area contributed by atoms with Crippen LogP contribution in [0.3, 0.4) is 0 Å². The van der Waals surface area contributed by atoms with Crippen LogP contribution < -0.4 is 10.1 Å². The van der Waals surface area contributed by atoms with Crippen molar-refractivity contribution in [3.63, 3.8) is 0 Å². The minimum absolute atomic E-state index is 0.122. The molecule has 0 radical (unpaired) electrons. The molecule has 0 aliphatic rings. The number of amides is 1. The van der Waals surface area contributed by atoms with Crippen LogP contribution in [0.25, 0.3) is 27.2 Å². The van der Waals surface area contributed by atoms with Gasteiger partial charge in [-0.05, 0) is 79.2 Å². The van der Waals surface area contributed by atoms with Gasteiger partial charge in [-0.25, -0.2) is 4.98 Å². The lowest BCUT2D eigenvalue weighted by molar-refractivity contribution is 0.102. The number of hydrogen-bond acceptors (Lipinski definition) is 5. The Kier molecular flexibility index (Phi) is 6.12. The molecule has 5 rings (SSSR count). The Balaban J connectivity index is 1.28. The average Bonchev–Trinajstić information content (AvgIpc) is 3.29. The van der Waals surface area contributed by atoms with E-state index in [1.54, 1.807) is 37.5 Å². The van der Waals surface area contributed by atoms with E-state index in [4.69, 9.17) is 9.72 Å². The number of rotatable bonds is 6. The SMILES string of the molecule is COc1cccc(/C=C/C(=O)c2ccc(NC(=O)c3cc4cc5cc(C)ccc5nc4s3)cc2)c1. The number of aryl methyl sites for hydroxylation is 1. The van der Waals surface area contributed by atoms with E-state index < -0.39 is 0 Å². The third-order valence-corrected chi connectivity index (χ3v) is 6.67. The summed E-state index contributed by atoms with van der Waals surface area (Å²) in [5.41, 5.74) is 4.12. The number of thiophene rings is 1. The maximum Gasteiger partial charge on any atom is 0.265 e. The van der Waals surface area contributed by atoms with Crippen molar-refractivity contribution in [1.29, 1.82) is 0 Å². The molecule has 0 saturated carbocycles. The molecule has 0 unspecified atom stereocenters. The molecule has 172 valence electrons. The van der Waals surface area contributed by atoms with Gasteiger partial charge in [-0.15, -0.1) is 11.3 Å². The number of carbonyl (C=O) groups excluding carboxylic acids is 2. The first kappa shape index (κ1) is 22.5. The molecule has 0 spiro atoms. The van der Waals surface area contributed by atoms with Crippen molar-refractivity contribution in [2.45, 2.75) is 6.92 Å². The minimum atomic E-state index is -0.203. The average molecular weight is 479 g/mol. The van der Waals surface area contributed by atoms with Crippen LogP contribution in [-0.4, -0.2) is 23.8 Å². The zero-order valence-corrected chi connectivity index (χ0v) is 20.1. The van der Waals surface area contributed by atoms with Crippen molar-refractivity contribution in [1.82, 2.24) is 4.98 Å². The molecule has 5 aromatic rings. The zero-order chi connectivity index (χ0) is 24.4. The topological polar surface area (TPSA) is 68.3 Å². The number of nitrogens with one attached hydrogen (secondary N) is 1. The highest BCUT2D eigenvalue weighted by Crippen LogP contribution is 2.28. The summed E-state index contributed by atoms with van der Waals surface area (Å²) >= 11 is 1.36. The van der Waals surface area contributed by atoms with Crippen LogP contribution in [0.15, 0.2) is 84.9 Å². The van der Waals surface area contributed by atoms with E-state index in [9.17, 15) is 9.59 Å². The van der Waals surface area contributed by atoms with Crippen LogP contribution in [0.1, 0.15) is 31.2 Å². The van der Waals surface area contributed by atoms with Crippen LogP contribution in [0, 0.1) is 6.92 Å². The number of hydrogen-bond donors (Lipinski definition) is 1. The summed E-state index contributed by atoms with van der Waals surface area (Å²) < 4.78 is 5.21. The maximum absolute atomic E-state index is 12.8. The molecule has 0 saturated heterocycles. The number of ether oxygens (including phenoxy) is 1. The van der Waals surface area contributed by atoms with Crippen LogP contribution >= 0.6 is 11.3 Å². The predicted molar refractivity (Wildman–Crippen MR) is 143 cm³/mol. The first-order chi connectivity index (χ1) is 17.0. The Hall–Kier alpha value is -4.29. The molecule has 0 aliphatic heterocycles. The summed E-state index contributed by atoms with van der Waals surface area (Å²) in [6.45, 7) is 2.05. The number of anilines is 1. The second kappa shape index (κ2) is 9.52. The second-order valence-corrected chi connectivity index (χ2v) is 9.23. The van der Waals surface area contributed by atoms with Gasteiger partial charge in [0.25, 0.3) is 5.91 Å². The monoisotopic (exact) mass is 478 g/mol. The summed E-state index contributed by atoms with van der Waals surface area (Å²) in [4.78, 5) is 31.5. The molecule has 6 heteroatoms. The van der Waals surface area contributed by atoms with Gasteiger partial charge in [-0.2, -0.15) is 0 Å². The van der Waals surface area contributed by atoms with Crippen LogP contribution in [-0.2, 0) is 0 Å². The Morgan fingerprint density at radius 2 is 1.77 bits per heavy atom. The smallest absolute Gasteiger partial charge is 0.265 e. The fourth-order valence-corrected chi connectivity index (χ4v) is 4.71. The number of ketones is 1. The fraction of sp³-hybridized carbons (Fsp3) is 0.0690. The molecule has 1 N–H and O–H groups in total. The molecule has 3 aromatic carbocycles. The number of benzene rings is 3. The molecular formula is C29H22N2O3S. The molecule has 0 aliphatic carbocycles. The number of fused-ring (bicyclic) bond motifs is 2. The van der Waals surface area contributed by atoms with Gasteiger partial charge in [0.2, 0.25) is 0 Å². The first-order valence-electron chi connectivity index (χ1n) is 11.1. The van der Waals surface area contributed by atoms with Crippen molar-refractivity contribution >= 4 is 55.9 Å². The highest BCUT2D eigenvalue weighted by Gasteiger charge is 2.13. The third-order valence-electron chi connectivity index (χ3n) is 5.63. The van der Waals surface area contributed by atoms with E-state index in [0.29, 0.717) is 16.1 Å². The number of allylic oxidation sites excluding steroid dienone is 1. The lowest BCUT2D eigenvalue weighted by Gasteiger charge is -2.04. The summed E-state index contributed by atoms with van der Waals surface area (Å²) in [5.74, 6) is 0.409. The highest BCUT2D eigenvalue weighted by molar-refractivity contribution is 7.20. The van der Waals surface area contributed by atoms with Gasteiger partial charge >= 0.3 is 0 Å². The first-order valence-corrected chi connectivity index (χ1v) is 11.9. The van der Waals surface area contributed by atoms with Crippen molar-refractivity contribution in [3.8, 4) is 5.75 Å². The molecule has 35 heavy (non-hydrogen) atoms. The summed E-state index contributed by atoms with van der Waals surface area (Å²) in [5, 5.41) is 4.91. The van der Waals surface area contributed by atoms with Crippen LogP contribution in [0.5, 0.6) is 5.75 Å². The van der Waals surface area contributed by atoms with Crippen LogP contribution in [0.2, 0.25) is 0 Å². The standard InChI is InChI=1S/C29H22N2O3S/c1-18-6-12-25-21(14-18)16-22-17-27(35-29(22)31-25)28(33)30-23-10-8-20(9-11-23)26(32)13-7-19-4-3-5-24(15-19)34-2/h3-17H,1-2H3,(H,30,33)/b13-7+. The van der Waals surface area contributed by atoms with Gasteiger partial charge in [-0.3, -0.25) is 9.59 Å². The van der Waals surface area contributed by atoms with E-state index in [2.05, 4.69) is 17.4 Å². The summed E-state index contributed by atoms with van der Waals surface area (Å²) in [6, 6.07) is 24.4. The van der Waals surface area contributed by atoms with Crippen molar-refractivity contribution < 1.29 is 14.3 Å². The van der Waals surface area contributed by atoms with E-state index in [0.717, 1.165) is 32.4 Å². The van der Waals surface area contributed by atoms with Crippen molar-refractivity contribution in [2.24, 2.45) is 0 Å². The van der Waals surface area contributed by atoms with Gasteiger partial charge in [0.05, 0.1) is 17.5 Å². The van der Waals surface area contributed by atoms with Crippen molar-refractivity contribution in [3.05, 3.63) is 107 Å². The number of methoxy groups -OCH3 is 1. The lowest BCUT2D eigenvalue weighted by atomic mass is 10.1. The third kappa shape index (κ3) is 4.98. The molecule has 5 nitrogen and oxygen atoms in total. The normalized spacial score (nSPS) is 11.3. The Morgan fingerprint density at radius 1 is 0.943 bits per heavy atom. The summed E-state index contributed by atoms with van der Waals surface area (Å²) in [6.07, 6.45) is 3.28. The Labute approximate surface area is 206 Å². The van der Waals surface area contributed by atoms with Crippen LogP contribution in [0.4, 0.5) is 5.69 Å². The molecule has 0 bridgehead atoms. The van der Waals surface area contributed by atoms with Crippen molar-refractivity contribution in [2.75, 3.05) is 12.4 Å². The number of aromatic nitrogens is 1. The van der Waals surface area contributed by atoms with E-state index in [1.165, 1.54) is 23.0 Å². The van der Waals surface area contributed by atoms with Gasteiger partial charge < -0.3 is 10.1 Å². The largest absolute Gasteiger partial charge is 0.497 e. The maximum atomic E-state index is 12.8. The minimum Gasteiger partial charge on any atom is -0.497 e. The number of pyridine rings is 1. The Bertz CT molecular complexity index is 1600. The van der Waals surface area contributed by atoms with Gasteiger partial charge in [0, 0.05) is 22.0 Å². The number of nitrogens with zero attached hydrogens (tertiary/aromatic N) is 1. The van der Waals surface area contributed by atoms with E-state index >= 15 is 0 Å². The van der Waals surface area contributed by atoms with Gasteiger partial charge in [0.15, 0.2) is 5.78 Å². The predicted octanol–water partition coefficient (Wildman–Crippen LogP) is 6.91.